The van der Waals surface area contributed by atoms with Crippen LogP contribution in [-0.2, 0) is 16.4 Å². The Morgan fingerprint density at radius 2 is 1.80 bits per heavy atom. The first kappa shape index (κ1) is 22.3. The normalized spacial score (nSPS) is 17.5. The summed E-state index contributed by atoms with van der Waals surface area (Å²) in [6, 6.07) is 14.1. The van der Waals surface area contributed by atoms with Gasteiger partial charge in [0.2, 0.25) is 10.0 Å². The zero-order valence-corrected chi connectivity index (χ0v) is 18.5. The number of piperidine rings is 1. The first-order valence-corrected chi connectivity index (χ1v) is 11.9. The highest BCUT2D eigenvalue weighted by atomic mass is 32.2. The van der Waals surface area contributed by atoms with Crippen LogP contribution in [0.15, 0.2) is 53.4 Å². The predicted molar refractivity (Wildman–Crippen MR) is 117 cm³/mol. The SMILES string of the molecule is COc1ccc(CCCNC(=O)c2ccc(S(=O)(=O)N3CCCCC3C)cc2)cc1. The summed E-state index contributed by atoms with van der Waals surface area (Å²) in [6.07, 6.45) is 4.51. The molecule has 0 saturated carbocycles. The highest BCUT2D eigenvalue weighted by molar-refractivity contribution is 7.89. The molecule has 1 heterocycles. The van der Waals surface area contributed by atoms with Gasteiger partial charge < -0.3 is 10.1 Å². The van der Waals surface area contributed by atoms with Crippen LogP contribution in [0.3, 0.4) is 0 Å². The van der Waals surface area contributed by atoms with E-state index in [2.05, 4.69) is 5.32 Å². The Morgan fingerprint density at radius 3 is 2.43 bits per heavy atom. The number of aryl methyl sites for hydroxylation is 1. The third kappa shape index (κ3) is 5.40. The summed E-state index contributed by atoms with van der Waals surface area (Å²) in [7, 11) is -1.88. The first-order chi connectivity index (χ1) is 14.4. The van der Waals surface area contributed by atoms with Crippen molar-refractivity contribution in [2.24, 2.45) is 0 Å². The molecule has 1 aliphatic heterocycles. The van der Waals surface area contributed by atoms with E-state index >= 15 is 0 Å². The van der Waals surface area contributed by atoms with Gasteiger partial charge in [-0.15, -0.1) is 0 Å². The molecule has 1 unspecified atom stereocenters. The first-order valence-electron chi connectivity index (χ1n) is 10.4. The van der Waals surface area contributed by atoms with Gasteiger partial charge in [0.25, 0.3) is 5.91 Å². The molecule has 2 aromatic carbocycles. The molecule has 1 aliphatic rings. The molecule has 1 N–H and O–H groups in total. The molecule has 6 nitrogen and oxygen atoms in total. The van der Waals surface area contributed by atoms with Gasteiger partial charge in [-0.1, -0.05) is 18.6 Å². The molecule has 7 heteroatoms. The standard InChI is InChI=1S/C23H30N2O4S/c1-18-6-3-4-17-25(18)30(27,28)22-14-10-20(11-15-22)23(26)24-16-5-7-19-8-12-21(29-2)13-9-19/h8-15,18H,3-7,16-17H2,1-2H3,(H,24,26). The average Bonchev–Trinajstić information content (AvgIpc) is 2.77. The molecule has 30 heavy (non-hydrogen) atoms. The van der Waals surface area contributed by atoms with Crippen LogP contribution in [-0.4, -0.2) is 44.9 Å². The van der Waals surface area contributed by atoms with E-state index in [-0.39, 0.29) is 16.8 Å². The highest BCUT2D eigenvalue weighted by Gasteiger charge is 2.30. The van der Waals surface area contributed by atoms with Crippen molar-refractivity contribution in [1.82, 2.24) is 9.62 Å². The minimum Gasteiger partial charge on any atom is -0.497 e. The maximum atomic E-state index is 12.9. The lowest BCUT2D eigenvalue weighted by molar-refractivity contribution is 0.0953. The quantitative estimate of drug-likeness (QED) is 0.649. The van der Waals surface area contributed by atoms with Crippen molar-refractivity contribution in [3.05, 3.63) is 59.7 Å². The van der Waals surface area contributed by atoms with Crippen LogP contribution < -0.4 is 10.1 Å². The van der Waals surface area contributed by atoms with E-state index in [1.807, 2.05) is 31.2 Å². The van der Waals surface area contributed by atoms with Gasteiger partial charge in [0.05, 0.1) is 12.0 Å². The fourth-order valence-electron chi connectivity index (χ4n) is 3.73. The molecule has 0 radical (unpaired) electrons. The Hall–Kier alpha value is -2.38. The number of benzene rings is 2. The van der Waals surface area contributed by atoms with Crippen molar-refractivity contribution in [2.45, 2.75) is 50.0 Å². The molecule has 3 rings (SSSR count). The molecular formula is C23H30N2O4S. The van der Waals surface area contributed by atoms with Crippen molar-refractivity contribution >= 4 is 15.9 Å². The second kappa shape index (κ2) is 10.1. The molecule has 1 fully saturated rings. The molecule has 0 aromatic heterocycles. The van der Waals surface area contributed by atoms with Crippen LogP contribution in [0.1, 0.15) is 48.5 Å². The lowest BCUT2D eigenvalue weighted by atomic mass is 10.1. The van der Waals surface area contributed by atoms with Crippen molar-refractivity contribution in [2.75, 3.05) is 20.2 Å². The second-order valence-corrected chi connectivity index (χ2v) is 9.58. The number of methoxy groups -OCH3 is 1. The van der Waals surface area contributed by atoms with Crippen LogP contribution in [0.25, 0.3) is 0 Å². The molecule has 0 bridgehead atoms. The van der Waals surface area contributed by atoms with Crippen molar-refractivity contribution < 1.29 is 17.9 Å². The van der Waals surface area contributed by atoms with E-state index in [1.54, 1.807) is 23.5 Å². The van der Waals surface area contributed by atoms with Gasteiger partial charge in [0, 0.05) is 24.7 Å². The number of amides is 1. The minimum atomic E-state index is -3.52. The lowest BCUT2D eigenvalue weighted by Crippen LogP contribution is -2.41. The Labute approximate surface area is 179 Å². The topological polar surface area (TPSA) is 75.7 Å². The Kier molecular flexibility index (Phi) is 7.50. The van der Waals surface area contributed by atoms with Crippen LogP contribution in [0.2, 0.25) is 0 Å². The van der Waals surface area contributed by atoms with Gasteiger partial charge in [0.15, 0.2) is 0 Å². The lowest BCUT2D eigenvalue weighted by Gasteiger charge is -2.32. The summed E-state index contributed by atoms with van der Waals surface area (Å²) < 4.78 is 32.5. The zero-order chi connectivity index (χ0) is 21.6. The van der Waals surface area contributed by atoms with Gasteiger partial charge in [-0.05, 0) is 74.6 Å². The summed E-state index contributed by atoms with van der Waals surface area (Å²) in [4.78, 5) is 12.6. The molecule has 1 atom stereocenters. The zero-order valence-electron chi connectivity index (χ0n) is 17.6. The number of hydrogen-bond acceptors (Lipinski definition) is 4. The van der Waals surface area contributed by atoms with E-state index < -0.39 is 10.0 Å². The van der Waals surface area contributed by atoms with Crippen LogP contribution in [0, 0.1) is 0 Å². The number of carbonyl (C=O) groups is 1. The van der Waals surface area contributed by atoms with Gasteiger partial charge in [0.1, 0.15) is 5.75 Å². The van der Waals surface area contributed by atoms with Crippen molar-refractivity contribution in [1.29, 1.82) is 0 Å². The number of rotatable bonds is 8. The molecule has 1 amide bonds. The molecule has 1 saturated heterocycles. The Morgan fingerprint density at radius 1 is 1.10 bits per heavy atom. The Balaban J connectivity index is 1.51. The number of ether oxygens (including phenoxy) is 1. The second-order valence-electron chi connectivity index (χ2n) is 7.69. The van der Waals surface area contributed by atoms with E-state index in [9.17, 15) is 13.2 Å². The summed E-state index contributed by atoms with van der Waals surface area (Å²) in [5.74, 6) is 0.632. The highest BCUT2D eigenvalue weighted by Crippen LogP contribution is 2.25. The van der Waals surface area contributed by atoms with Crippen molar-refractivity contribution in [3.63, 3.8) is 0 Å². The molecule has 0 spiro atoms. The number of hydrogen-bond donors (Lipinski definition) is 1. The maximum Gasteiger partial charge on any atom is 0.251 e. The van der Waals surface area contributed by atoms with E-state index in [4.69, 9.17) is 4.74 Å². The minimum absolute atomic E-state index is 0.0115. The maximum absolute atomic E-state index is 12.9. The van der Waals surface area contributed by atoms with E-state index in [0.29, 0.717) is 18.7 Å². The predicted octanol–water partition coefficient (Wildman–Crippen LogP) is 3.62. The van der Waals surface area contributed by atoms with E-state index in [1.165, 1.54) is 17.7 Å². The Bertz CT molecular complexity index is 940. The van der Waals surface area contributed by atoms with E-state index in [0.717, 1.165) is 37.9 Å². The summed E-state index contributed by atoms with van der Waals surface area (Å²) in [5.41, 5.74) is 1.65. The number of nitrogens with zero attached hydrogens (tertiary/aromatic N) is 1. The summed E-state index contributed by atoms with van der Waals surface area (Å²) in [5, 5.41) is 2.90. The number of nitrogens with one attached hydrogen (secondary N) is 1. The van der Waals surface area contributed by atoms with Crippen molar-refractivity contribution in [3.8, 4) is 5.75 Å². The monoisotopic (exact) mass is 430 g/mol. The fraction of sp³-hybridized carbons (Fsp3) is 0.435. The molecule has 2 aromatic rings. The molecule has 0 aliphatic carbocycles. The molecular weight excluding hydrogens is 400 g/mol. The largest absolute Gasteiger partial charge is 0.497 e. The summed E-state index contributed by atoms with van der Waals surface area (Å²) in [6.45, 7) is 3.06. The molecule has 162 valence electrons. The van der Waals surface area contributed by atoms with Crippen LogP contribution >= 0.6 is 0 Å². The van der Waals surface area contributed by atoms with Gasteiger partial charge in [-0.2, -0.15) is 4.31 Å². The van der Waals surface area contributed by atoms with Gasteiger partial charge in [-0.25, -0.2) is 8.42 Å². The number of carbonyl (C=O) groups excluding carboxylic acids is 1. The number of sulfonamides is 1. The van der Waals surface area contributed by atoms with Crippen LogP contribution in [0.5, 0.6) is 5.75 Å². The van der Waals surface area contributed by atoms with Gasteiger partial charge >= 0.3 is 0 Å². The fourth-order valence-corrected chi connectivity index (χ4v) is 5.43. The summed E-state index contributed by atoms with van der Waals surface area (Å²) >= 11 is 0. The average molecular weight is 431 g/mol. The van der Waals surface area contributed by atoms with Crippen LogP contribution in [0.4, 0.5) is 0 Å². The third-order valence-corrected chi connectivity index (χ3v) is 7.58. The smallest absolute Gasteiger partial charge is 0.251 e. The third-order valence-electron chi connectivity index (χ3n) is 5.55. The van der Waals surface area contributed by atoms with Gasteiger partial charge in [-0.3, -0.25) is 4.79 Å².